The van der Waals surface area contributed by atoms with Crippen molar-refractivity contribution in [2.24, 2.45) is 17.2 Å². The molecule has 0 bridgehead atoms. The maximum Gasteiger partial charge on any atom is 0.410 e. The lowest BCUT2D eigenvalue weighted by Crippen LogP contribution is -2.37. The molecule has 110 heavy (non-hydrogen) atoms. The third-order valence-corrected chi connectivity index (χ3v) is 18.0. The topological polar surface area (TPSA) is 392 Å². The van der Waals surface area contributed by atoms with E-state index in [4.69, 9.17) is 41.6 Å². The van der Waals surface area contributed by atoms with E-state index in [1.54, 1.807) is 17.0 Å². The number of amides is 5. The molecule has 0 saturated heterocycles. The zero-order valence-corrected chi connectivity index (χ0v) is 63.8. The van der Waals surface area contributed by atoms with Gasteiger partial charge in [0.05, 0.1) is 0 Å². The molecule has 0 heterocycles. The first-order valence-corrected chi connectivity index (χ1v) is 38.0. The fourth-order valence-electron chi connectivity index (χ4n) is 11.3. The van der Waals surface area contributed by atoms with Crippen LogP contribution >= 0.6 is 0 Å². The summed E-state index contributed by atoms with van der Waals surface area (Å²) >= 11 is 0. The molecule has 596 valence electrons. The molecule has 5 amide bonds. The molecule has 7 rings (SSSR count). The number of hydrogen-bond acceptors (Lipinski definition) is 18. The van der Waals surface area contributed by atoms with Gasteiger partial charge in [-0.15, -0.1) is 0 Å². The Kier molecular flexibility index (Phi) is 42.8. The van der Waals surface area contributed by atoms with Gasteiger partial charge in [0.2, 0.25) is 23.6 Å². The highest BCUT2D eigenvalue weighted by atomic mass is 16.6. The molecule has 0 aliphatic carbocycles. The number of nitrogens with zero attached hydrogens (tertiary/aromatic N) is 3. The van der Waals surface area contributed by atoms with E-state index in [2.05, 4.69) is 48.0 Å². The summed E-state index contributed by atoms with van der Waals surface area (Å²) in [6.45, 7) is 12.1. The number of nitrogens with one attached hydrogen (secondary N) is 3. The Bertz CT molecular complexity index is 3870. The highest BCUT2D eigenvalue weighted by Gasteiger charge is 2.20. The van der Waals surface area contributed by atoms with Gasteiger partial charge in [-0.25, -0.2) is 4.79 Å². The van der Waals surface area contributed by atoms with Crippen molar-refractivity contribution in [2.45, 2.75) is 155 Å². The van der Waals surface area contributed by atoms with Gasteiger partial charge >= 0.3 is 18.0 Å². The molecule has 0 aliphatic heterocycles. The van der Waals surface area contributed by atoms with Gasteiger partial charge in [0, 0.05) is 84.5 Å². The quantitative estimate of drug-likeness (QED) is 0.0124. The molecule has 7 aromatic rings. The van der Waals surface area contributed by atoms with Crippen molar-refractivity contribution in [3.8, 4) is 34.5 Å². The maximum absolute atomic E-state index is 13.7. The number of unbranched alkanes of at least 4 members (excludes halogenated alkanes) is 2. The third kappa shape index (κ3) is 37.4. The van der Waals surface area contributed by atoms with Crippen LogP contribution in [-0.4, -0.2) is 172 Å². The van der Waals surface area contributed by atoms with Gasteiger partial charge in [0.15, 0.2) is 34.5 Å². The largest absolute Gasteiger partial charge is 0.504 e. The predicted molar refractivity (Wildman–Crippen MR) is 425 cm³/mol. The molecule has 0 aromatic heterocycles. The summed E-state index contributed by atoms with van der Waals surface area (Å²) in [5.74, 6) is -1.58. The SMILES string of the molecule is Cc1ccc(CCC(=O)NCCCN(CCCCN(CCCN)C(=O)CCc2ccc(OCc3ccccc3)c(OCc3ccccc3)c2)C(=O)OCc2ccccc2)cc1C.NCCCN(CCCCNCCCNC(=O)CCc1ccc(O)c(O)c1)C(=O)CCc1ccc(O)c(O)c1.N[C@@H](CCC(=O)O)C(=O)O. The molecule has 0 fully saturated rings. The Balaban J connectivity index is 0.000000381. The predicted octanol–water partition coefficient (Wildman–Crippen LogP) is 10.5. The number of carbonyl (C=O) groups excluding carboxylic acids is 5. The van der Waals surface area contributed by atoms with Crippen LogP contribution in [0.5, 0.6) is 34.5 Å². The lowest BCUT2D eigenvalue weighted by atomic mass is 10.0. The number of benzene rings is 7. The summed E-state index contributed by atoms with van der Waals surface area (Å²) in [6.07, 6.45) is 8.99. The van der Waals surface area contributed by atoms with E-state index in [9.17, 15) is 54.0 Å². The number of carboxylic acids is 2. The van der Waals surface area contributed by atoms with Crippen molar-refractivity contribution < 1.29 is 78.4 Å². The Labute approximate surface area is 647 Å². The van der Waals surface area contributed by atoms with Crippen LogP contribution in [0.1, 0.15) is 140 Å². The normalized spacial score (nSPS) is 11.0. The van der Waals surface area contributed by atoms with Crippen LogP contribution in [0.4, 0.5) is 4.79 Å². The molecule has 7 aromatic carbocycles. The van der Waals surface area contributed by atoms with Gasteiger partial charge in [-0.1, -0.05) is 127 Å². The smallest absolute Gasteiger partial charge is 0.410 e. The highest BCUT2D eigenvalue weighted by Crippen LogP contribution is 2.32. The van der Waals surface area contributed by atoms with E-state index in [1.165, 1.54) is 35.4 Å². The fourth-order valence-corrected chi connectivity index (χ4v) is 11.3. The third-order valence-electron chi connectivity index (χ3n) is 18.0. The fraction of sp³-hybridized carbons (Fsp3) is 0.424. The number of nitrogens with two attached hydrogens (primary N) is 3. The second-order valence-corrected chi connectivity index (χ2v) is 26.9. The highest BCUT2D eigenvalue weighted by molar-refractivity contribution is 5.78. The molecular formula is C85H115N9O16. The van der Waals surface area contributed by atoms with Gasteiger partial charge in [-0.05, 0) is 210 Å². The number of hydrogen-bond donors (Lipinski definition) is 12. The average molecular weight is 1520 g/mol. The first-order chi connectivity index (χ1) is 53.1. The minimum Gasteiger partial charge on any atom is -0.504 e. The first-order valence-electron chi connectivity index (χ1n) is 38.0. The van der Waals surface area contributed by atoms with Gasteiger partial charge in [0.25, 0.3) is 0 Å². The molecule has 25 nitrogen and oxygen atoms in total. The molecule has 15 N–H and O–H groups in total. The van der Waals surface area contributed by atoms with E-state index >= 15 is 0 Å². The van der Waals surface area contributed by atoms with Crippen LogP contribution in [0.15, 0.2) is 164 Å². The van der Waals surface area contributed by atoms with Gasteiger partial charge in [-0.3, -0.25) is 28.8 Å². The van der Waals surface area contributed by atoms with Crippen molar-refractivity contribution >= 4 is 41.7 Å². The van der Waals surface area contributed by atoms with Crippen molar-refractivity contribution in [2.75, 3.05) is 78.5 Å². The Hall–Kier alpha value is -10.7. The van der Waals surface area contributed by atoms with Crippen LogP contribution in [-0.2, 0) is 79.0 Å². The van der Waals surface area contributed by atoms with E-state index < -0.39 is 24.1 Å². The van der Waals surface area contributed by atoms with Gasteiger partial charge < -0.3 is 92.7 Å². The zero-order chi connectivity index (χ0) is 79.7. The first kappa shape index (κ1) is 89.9. The van der Waals surface area contributed by atoms with Crippen LogP contribution < -0.4 is 42.6 Å². The lowest BCUT2D eigenvalue weighted by molar-refractivity contribution is -0.140. The second kappa shape index (κ2) is 52.3. The number of aryl methyl sites for hydroxylation is 6. The number of phenolic OH excluding ortho intramolecular Hbond substituents is 4. The maximum atomic E-state index is 13.7. The number of aromatic hydroxyl groups is 4. The Morgan fingerprint density at radius 3 is 1.31 bits per heavy atom. The van der Waals surface area contributed by atoms with Crippen LogP contribution in [0.3, 0.4) is 0 Å². The van der Waals surface area contributed by atoms with Crippen molar-refractivity contribution in [3.05, 3.63) is 214 Å². The van der Waals surface area contributed by atoms with Crippen molar-refractivity contribution in [1.82, 2.24) is 30.7 Å². The number of carbonyl (C=O) groups is 7. The van der Waals surface area contributed by atoms with Crippen molar-refractivity contribution in [3.63, 3.8) is 0 Å². The minimum absolute atomic E-state index is 0.00892. The van der Waals surface area contributed by atoms with Gasteiger partial charge in [-0.2, -0.15) is 0 Å². The minimum atomic E-state index is -1.17. The summed E-state index contributed by atoms with van der Waals surface area (Å²) in [5, 5.41) is 63.4. The van der Waals surface area contributed by atoms with Crippen LogP contribution in [0.25, 0.3) is 0 Å². The summed E-state index contributed by atoms with van der Waals surface area (Å²) in [7, 11) is 0. The molecular weight excluding hydrogens is 1400 g/mol. The lowest BCUT2D eigenvalue weighted by Gasteiger charge is -2.25. The summed E-state index contributed by atoms with van der Waals surface area (Å²) in [4.78, 5) is 89.7. The average Bonchev–Trinajstić information content (AvgIpc) is 0.859. The molecule has 0 saturated carbocycles. The molecule has 0 aliphatic rings. The Morgan fingerprint density at radius 1 is 0.400 bits per heavy atom. The standard InChI is InChI=1S/C52H64N4O6.C28H42N4O6.C5H9NO4/c1-41-22-23-43(36-42(41)2)25-28-50(57)54-31-15-35-56(52(59)62-40-47-20-10-5-11-21-47)33-13-12-32-55(34-14-30-53)51(58)29-26-44-24-27-48(60-38-45-16-6-3-7-17-45)49(37-44)61-39-46-18-8-4-9-19-46;29-13-3-18-32(28(38)12-8-22-6-10-24(34)26(36)20-22)17-2-1-14-30-15-4-16-31-27(37)11-7-21-5-9-23(33)25(35)19-21;6-3(5(9)10)1-2-4(7)8/h3-11,16-24,27,36-37H,12-15,25-26,28-35,38-40,53H2,1-2H3,(H,54,57);5-6,9-10,19-20,30,33-36H,1-4,7-8,11-18,29H2,(H,31,37);3H,1-2,6H2,(H,7,8)(H,9,10)/t;;3-/m..0/s1. The van der Waals surface area contributed by atoms with Crippen LogP contribution in [0, 0.1) is 13.8 Å². The number of phenols is 4. The van der Waals surface area contributed by atoms with E-state index in [-0.39, 0.29) is 66.1 Å². The number of carboxylic acid groups (broad SMARTS) is 2. The second-order valence-electron chi connectivity index (χ2n) is 26.9. The summed E-state index contributed by atoms with van der Waals surface area (Å²) in [6, 6.07) is 49.9. The molecule has 0 spiro atoms. The van der Waals surface area contributed by atoms with E-state index in [1.807, 2.05) is 119 Å². The molecule has 25 heteroatoms. The number of aliphatic carboxylic acids is 2. The van der Waals surface area contributed by atoms with E-state index in [0.717, 1.165) is 77.7 Å². The summed E-state index contributed by atoms with van der Waals surface area (Å²) < 4.78 is 18.2. The monoisotopic (exact) mass is 1520 g/mol. The van der Waals surface area contributed by atoms with Gasteiger partial charge in [0.1, 0.15) is 25.9 Å². The number of rotatable bonds is 48. The molecule has 0 radical (unpaired) electrons. The molecule has 1 atom stereocenters. The van der Waals surface area contributed by atoms with Crippen LogP contribution in [0.2, 0.25) is 0 Å². The zero-order valence-electron chi connectivity index (χ0n) is 63.8. The molecule has 0 unspecified atom stereocenters. The van der Waals surface area contributed by atoms with Crippen molar-refractivity contribution in [1.29, 1.82) is 0 Å². The number of ether oxygens (including phenoxy) is 3. The summed E-state index contributed by atoms with van der Waals surface area (Å²) in [5.41, 5.74) is 25.7. The Morgan fingerprint density at radius 2 is 0.818 bits per heavy atom. The van der Waals surface area contributed by atoms with E-state index in [0.29, 0.717) is 167 Å².